The lowest BCUT2D eigenvalue weighted by atomic mass is 9.70. The lowest BCUT2D eigenvalue weighted by Crippen LogP contribution is -2.54. The number of hydrogen-bond donors (Lipinski definition) is 3. The van der Waals surface area contributed by atoms with Crippen LogP contribution in [0.15, 0.2) is 0 Å². The van der Waals surface area contributed by atoms with Crippen LogP contribution in [0.25, 0.3) is 0 Å². The van der Waals surface area contributed by atoms with Crippen LogP contribution in [0.2, 0.25) is 0 Å². The van der Waals surface area contributed by atoms with Crippen molar-refractivity contribution in [2.45, 2.75) is 59.9 Å². The van der Waals surface area contributed by atoms with Crippen molar-refractivity contribution < 1.29 is 19.5 Å². The molecule has 0 aromatic rings. The van der Waals surface area contributed by atoms with Crippen LogP contribution >= 0.6 is 27.7 Å². The number of halogens is 1. The van der Waals surface area contributed by atoms with Crippen LogP contribution in [0.1, 0.15) is 39.0 Å². The van der Waals surface area contributed by atoms with Gasteiger partial charge in [0.2, 0.25) is 17.7 Å². The third kappa shape index (κ3) is 3.47. The van der Waals surface area contributed by atoms with Crippen LogP contribution in [0.5, 0.6) is 0 Å². The van der Waals surface area contributed by atoms with Gasteiger partial charge >= 0.3 is 0 Å². The Hall–Kier alpha value is -0.800. The standard InChI is InChI=1S/C19H30BrN3O4S/c1-3-4-7-22-17(26)15-19-10-11(20)14(28-19)12(16(25)21-2)13(19)18(27)23(15)8-5-6-9-24/h11-15,24H,3-10H2,1-2H3,(H,21,25)(H,22,26)/t11?,12-,13-,14-,15?,19?/m0/s1. The number of nitrogens with one attached hydrogen (secondary N) is 2. The molecule has 9 heteroatoms. The minimum Gasteiger partial charge on any atom is -0.396 e. The summed E-state index contributed by atoms with van der Waals surface area (Å²) in [4.78, 5) is 41.1. The summed E-state index contributed by atoms with van der Waals surface area (Å²) in [5.41, 5.74) is 0. The van der Waals surface area contributed by atoms with Crippen LogP contribution < -0.4 is 10.6 Å². The molecule has 3 aliphatic heterocycles. The minimum absolute atomic E-state index is 0.000524. The molecule has 7 nitrogen and oxygen atoms in total. The summed E-state index contributed by atoms with van der Waals surface area (Å²) < 4.78 is -0.567. The Bertz CT molecular complexity index is 636. The zero-order valence-corrected chi connectivity index (χ0v) is 18.9. The van der Waals surface area contributed by atoms with Gasteiger partial charge in [0.25, 0.3) is 0 Å². The number of thioether (sulfide) groups is 1. The predicted molar refractivity (Wildman–Crippen MR) is 112 cm³/mol. The van der Waals surface area contributed by atoms with Gasteiger partial charge in [-0.25, -0.2) is 0 Å². The van der Waals surface area contributed by atoms with Crippen molar-refractivity contribution in [2.24, 2.45) is 11.8 Å². The first-order valence-electron chi connectivity index (χ1n) is 10.2. The van der Waals surface area contributed by atoms with E-state index in [9.17, 15) is 14.4 Å². The van der Waals surface area contributed by atoms with E-state index in [2.05, 4.69) is 33.5 Å². The quantitative estimate of drug-likeness (QED) is 0.339. The maximum Gasteiger partial charge on any atom is 0.244 e. The largest absolute Gasteiger partial charge is 0.396 e. The average molecular weight is 476 g/mol. The Kier molecular flexibility index (Phi) is 6.97. The first-order chi connectivity index (χ1) is 13.4. The van der Waals surface area contributed by atoms with Gasteiger partial charge in [-0.2, -0.15) is 0 Å². The van der Waals surface area contributed by atoms with Gasteiger partial charge in [-0.1, -0.05) is 29.3 Å². The molecule has 3 N–H and O–H groups in total. The maximum atomic E-state index is 13.4. The van der Waals surface area contributed by atoms with E-state index in [1.165, 1.54) is 0 Å². The highest BCUT2D eigenvalue weighted by molar-refractivity contribution is 9.09. The summed E-state index contributed by atoms with van der Waals surface area (Å²) in [5.74, 6) is -1.21. The van der Waals surface area contributed by atoms with Gasteiger partial charge in [-0.05, 0) is 25.7 Å². The van der Waals surface area contributed by atoms with Crippen LogP contribution in [0, 0.1) is 11.8 Å². The normalized spacial score (nSPS) is 35.9. The van der Waals surface area contributed by atoms with Crippen molar-refractivity contribution in [1.82, 2.24) is 15.5 Å². The SMILES string of the molecule is CCCCNC(=O)C1N(CCCCO)C(=O)[C@@H]2[C@H](C(=O)NC)[C@H]3SC12CC3Br. The van der Waals surface area contributed by atoms with E-state index < -0.39 is 22.6 Å². The van der Waals surface area contributed by atoms with E-state index in [0.29, 0.717) is 32.4 Å². The lowest BCUT2D eigenvalue weighted by Gasteiger charge is -2.35. The maximum absolute atomic E-state index is 13.4. The molecular formula is C19H30BrN3O4S. The summed E-state index contributed by atoms with van der Waals surface area (Å²) in [5, 5.41) is 14.9. The van der Waals surface area contributed by atoms with E-state index in [4.69, 9.17) is 5.11 Å². The molecule has 0 saturated carbocycles. The Morgan fingerprint density at radius 3 is 2.71 bits per heavy atom. The number of unbranched alkanes of at least 4 members (excludes halogenated alkanes) is 2. The molecular weight excluding hydrogens is 446 g/mol. The van der Waals surface area contributed by atoms with Crippen molar-refractivity contribution in [3.8, 4) is 0 Å². The van der Waals surface area contributed by atoms with Crippen LogP contribution in [0.4, 0.5) is 0 Å². The molecule has 0 aromatic heterocycles. The number of likely N-dealkylation sites (tertiary alicyclic amines) is 1. The molecule has 28 heavy (non-hydrogen) atoms. The number of nitrogens with zero attached hydrogens (tertiary/aromatic N) is 1. The second-order valence-corrected chi connectivity index (χ2v) is 10.6. The monoisotopic (exact) mass is 475 g/mol. The van der Waals surface area contributed by atoms with E-state index in [1.807, 2.05) is 0 Å². The number of hydrogen-bond acceptors (Lipinski definition) is 5. The topological polar surface area (TPSA) is 98.7 Å². The summed E-state index contributed by atoms with van der Waals surface area (Å²) in [6, 6.07) is -0.565. The minimum atomic E-state index is -0.567. The fraction of sp³-hybridized carbons (Fsp3) is 0.842. The van der Waals surface area contributed by atoms with Crippen molar-refractivity contribution in [1.29, 1.82) is 0 Å². The van der Waals surface area contributed by atoms with Gasteiger partial charge in [0.15, 0.2) is 0 Å². The molecule has 6 atom stereocenters. The average Bonchev–Trinajstić information content (AvgIpc) is 3.25. The molecule has 3 rings (SSSR count). The molecule has 0 aliphatic carbocycles. The molecule has 3 unspecified atom stereocenters. The van der Waals surface area contributed by atoms with Crippen molar-refractivity contribution >= 4 is 45.4 Å². The van der Waals surface area contributed by atoms with Crippen molar-refractivity contribution in [3.63, 3.8) is 0 Å². The fourth-order valence-electron chi connectivity index (χ4n) is 5.02. The second kappa shape index (κ2) is 8.92. The number of carbonyl (C=O) groups excluding carboxylic acids is 3. The predicted octanol–water partition coefficient (Wildman–Crippen LogP) is 0.886. The summed E-state index contributed by atoms with van der Waals surface area (Å²) in [7, 11) is 1.60. The summed E-state index contributed by atoms with van der Waals surface area (Å²) in [6.45, 7) is 3.15. The van der Waals surface area contributed by atoms with Crippen molar-refractivity contribution in [2.75, 3.05) is 26.7 Å². The number of aliphatic hydroxyl groups is 1. The molecule has 0 radical (unpaired) electrons. The third-order valence-corrected chi connectivity index (χ3v) is 9.44. The van der Waals surface area contributed by atoms with Crippen LogP contribution in [-0.2, 0) is 14.4 Å². The highest BCUT2D eigenvalue weighted by Crippen LogP contribution is 2.67. The van der Waals surface area contributed by atoms with E-state index in [1.54, 1.807) is 23.7 Å². The Morgan fingerprint density at radius 2 is 2.07 bits per heavy atom. The molecule has 3 fully saturated rings. The van der Waals surface area contributed by atoms with Gasteiger partial charge in [-0.3, -0.25) is 14.4 Å². The van der Waals surface area contributed by atoms with Crippen LogP contribution in [0.3, 0.4) is 0 Å². The molecule has 2 bridgehead atoms. The van der Waals surface area contributed by atoms with E-state index in [-0.39, 0.29) is 34.4 Å². The van der Waals surface area contributed by atoms with Crippen molar-refractivity contribution in [3.05, 3.63) is 0 Å². The zero-order valence-electron chi connectivity index (χ0n) is 16.4. The van der Waals surface area contributed by atoms with Crippen LogP contribution in [-0.4, -0.2) is 75.3 Å². The highest BCUT2D eigenvalue weighted by Gasteiger charge is 2.75. The summed E-state index contributed by atoms with van der Waals surface area (Å²) >= 11 is 5.36. The van der Waals surface area contributed by atoms with Gasteiger partial charge in [0.1, 0.15) is 6.04 Å². The molecule has 3 heterocycles. The first kappa shape index (κ1) is 21.9. The van der Waals surface area contributed by atoms with Gasteiger partial charge in [-0.15, -0.1) is 11.8 Å². The number of amides is 3. The number of carbonyl (C=O) groups is 3. The highest BCUT2D eigenvalue weighted by atomic mass is 79.9. The molecule has 1 spiro atoms. The number of fused-ring (bicyclic) bond motifs is 1. The smallest absolute Gasteiger partial charge is 0.244 e. The Morgan fingerprint density at radius 1 is 1.32 bits per heavy atom. The Labute approximate surface area is 178 Å². The number of alkyl halides is 1. The lowest BCUT2D eigenvalue weighted by molar-refractivity contribution is -0.139. The number of aliphatic hydroxyl groups excluding tert-OH is 1. The van der Waals surface area contributed by atoms with Gasteiger partial charge < -0.3 is 20.6 Å². The summed E-state index contributed by atoms with van der Waals surface area (Å²) in [6.07, 6.45) is 3.80. The molecule has 0 aromatic carbocycles. The molecule has 3 amide bonds. The van der Waals surface area contributed by atoms with E-state index >= 15 is 0 Å². The third-order valence-electron chi connectivity index (χ3n) is 6.22. The second-order valence-electron chi connectivity index (χ2n) is 7.88. The Balaban J connectivity index is 1.93. The first-order valence-corrected chi connectivity index (χ1v) is 11.9. The van der Waals surface area contributed by atoms with E-state index in [0.717, 1.165) is 12.8 Å². The zero-order chi connectivity index (χ0) is 20.5. The molecule has 3 aliphatic rings. The van der Waals surface area contributed by atoms with Gasteiger partial charge in [0.05, 0.1) is 16.6 Å². The fourth-order valence-corrected chi connectivity index (χ4v) is 8.63. The molecule has 3 saturated heterocycles. The van der Waals surface area contributed by atoms with Gasteiger partial charge in [0, 0.05) is 36.8 Å². The number of rotatable bonds is 9. The molecule has 158 valence electrons.